The minimum Gasteiger partial charge on any atom is -0.492 e. The number of halogens is 4. The average Bonchev–Trinajstić information content (AvgIpc) is 3.07. The van der Waals surface area contributed by atoms with Crippen molar-refractivity contribution in [2.24, 2.45) is 0 Å². The fourth-order valence-electron chi connectivity index (χ4n) is 3.21. The van der Waals surface area contributed by atoms with E-state index in [0.717, 1.165) is 22.9 Å². The van der Waals surface area contributed by atoms with Gasteiger partial charge in [0.25, 0.3) is 11.1 Å². The Balaban J connectivity index is 1.42. The number of rotatable bonds is 8. The smallest absolute Gasteiger partial charge is 0.293 e. The van der Waals surface area contributed by atoms with Crippen molar-refractivity contribution < 1.29 is 19.1 Å². The van der Waals surface area contributed by atoms with Crippen LogP contribution in [-0.2, 0) is 11.4 Å². The zero-order valence-electron chi connectivity index (χ0n) is 18.0. The number of hydrogen-bond donors (Lipinski definition) is 0. The number of amides is 2. The fraction of sp³-hybridized carbons (Fsp3) is 0.120. The van der Waals surface area contributed by atoms with Crippen LogP contribution in [0.2, 0.25) is 10.0 Å². The molecule has 0 N–H and O–H groups in total. The summed E-state index contributed by atoms with van der Waals surface area (Å²) < 4.78 is 12.9. The number of thioether (sulfide) groups is 1. The molecule has 3 aromatic carbocycles. The van der Waals surface area contributed by atoms with Gasteiger partial charge in [-0.15, -0.1) is 0 Å². The largest absolute Gasteiger partial charge is 0.492 e. The van der Waals surface area contributed by atoms with Gasteiger partial charge < -0.3 is 9.47 Å². The summed E-state index contributed by atoms with van der Waals surface area (Å²) in [7, 11) is 0. The summed E-state index contributed by atoms with van der Waals surface area (Å²) >= 11 is 20.1. The second-order valence-electron chi connectivity index (χ2n) is 7.33. The lowest BCUT2D eigenvalue weighted by Gasteiger charge is -2.13. The Hall–Kier alpha value is -1.97. The summed E-state index contributed by atoms with van der Waals surface area (Å²) in [6.07, 6.45) is 1.68. The first-order valence-corrected chi connectivity index (χ1v) is 13.5. The van der Waals surface area contributed by atoms with Crippen LogP contribution in [0.5, 0.6) is 11.5 Å². The molecule has 2 amide bonds. The van der Waals surface area contributed by atoms with Crippen LogP contribution < -0.4 is 9.47 Å². The number of carbonyl (C=O) groups excluding carboxylic acids is 2. The molecule has 1 heterocycles. The van der Waals surface area contributed by atoms with Gasteiger partial charge in [-0.2, -0.15) is 0 Å². The van der Waals surface area contributed by atoms with E-state index in [9.17, 15) is 9.59 Å². The van der Waals surface area contributed by atoms with E-state index in [-0.39, 0.29) is 30.9 Å². The second kappa shape index (κ2) is 11.8. The van der Waals surface area contributed by atoms with E-state index in [0.29, 0.717) is 35.4 Å². The predicted octanol–water partition coefficient (Wildman–Crippen LogP) is 8.21. The van der Waals surface area contributed by atoms with Crippen LogP contribution in [0.25, 0.3) is 6.08 Å². The minimum absolute atomic E-state index is 0.171. The van der Waals surface area contributed by atoms with E-state index in [1.807, 2.05) is 48.5 Å². The van der Waals surface area contributed by atoms with Crippen molar-refractivity contribution >= 4 is 84.0 Å². The topological polar surface area (TPSA) is 55.8 Å². The van der Waals surface area contributed by atoms with E-state index in [2.05, 4.69) is 31.9 Å². The van der Waals surface area contributed by atoms with Gasteiger partial charge in [0.2, 0.25) is 0 Å². The molecule has 0 unspecified atom stereocenters. The third kappa shape index (κ3) is 6.62. The lowest BCUT2D eigenvalue weighted by Crippen LogP contribution is -2.32. The molecule has 1 fully saturated rings. The lowest BCUT2D eigenvalue weighted by molar-refractivity contribution is -0.123. The first-order valence-electron chi connectivity index (χ1n) is 10.3. The van der Waals surface area contributed by atoms with E-state index in [1.165, 1.54) is 4.90 Å². The van der Waals surface area contributed by atoms with Crippen molar-refractivity contribution in [2.75, 3.05) is 13.2 Å². The molecule has 1 aliphatic rings. The first kappa shape index (κ1) is 26.1. The molecular weight excluding hydrogens is 641 g/mol. The maximum absolute atomic E-state index is 12.8. The Morgan fingerprint density at radius 1 is 0.943 bits per heavy atom. The third-order valence-electron chi connectivity index (χ3n) is 4.91. The Morgan fingerprint density at radius 3 is 2.34 bits per heavy atom. The molecule has 5 nitrogen and oxygen atoms in total. The van der Waals surface area contributed by atoms with Crippen LogP contribution in [-0.4, -0.2) is 29.2 Å². The summed E-state index contributed by atoms with van der Waals surface area (Å²) in [4.78, 5) is 26.7. The first-order chi connectivity index (χ1) is 16.8. The highest BCUT2D eigenvalue weighted by Crippen LogP contribution is 2.38. The van der Waals surface area contributed by atoms with E-state index < -0.39 is 0 Å². The number of benzene rings is 3. The van der Waals surface area contributed by atoms with Gasteiger partial charge in [0.1, 0.15) is 24.7 Å². The van der Waals surface area contributed by atoms with Crippen molar-refractivity contribution in [3.05, 3.63) is 95.7 Å². The molecular formula is C25H17Br2Cl2NO4S. The molecule has 10 heteroatoms. The SMILES string of the molecule is O=C1S/C(=C\c2cc(Br)c(OCc3ccc(Cl)cc3Cl)c(Br)c2)C(=O)N1CCOc1ccccc1. The van der Waals surface area contributed by atoms with E-state index in [1.54, 1.807) is 18.2 Å². The van der Waals surface area contributed by atoms with E-state index in [4.69, 9.17) is 32.7 Å². The van der Waals surface area contributed by atoms with Gasteiger partial charge in [0, 0.05) is 15.6 Å². The zero-order valence-corrected chi connectivity index (χ0v) is 23.5. The Morgan fingerprint density at radius 2 is 1.66 bits per heavy atom. The normalized spacial score (nSPS) is 14.6. The van der Waals surface area contributed by atoms with Gasteiger partial charge in [-0.1, -0.05) is 47.5 Å². The zero-order chi connectivity index (χ0) is 24.9. The van der Waals surface area contributed by atoms with Crippen LogP contribution in [0.15, 0.2) is 74.5 Å². The van der Waals surface area contributed by atoms with Crippen LogP contribution in [0.1, 0.15) is 11.1 Å². The van der Waals surface area contributed by atoms with Crippen molar-refractivity contribution in [3.63, 3.8) is 0 Å². The molecule has 0 aromatic heterocycles. The Labute approximate surface area is 233 Å². The maximum Gasteiger partial charge on any atom is 0.293 e. The molecule has 0 radical (unpaired) electrons. The number of hydrogen-bond acceptors (Lipinski definition) is 5. The second-order valence-corrected chi connectivity index (χ2v) is 10.9. The fourth-order valence-corrected chi connectivity index (χ4v) is 5.98. The number of carbonyl (C=O) groups is 2. The van der Waals surface area contributed by atoms with Crippen LogP contribution >= 0.6 is 66.8 Å². The van der Waals surface area contributed by atoms with Crippen molar-refractivity contribution in [2.45, 2.75) is 6.61 Å². The molecule has 180 valence electrons. The number of nitrogens with zero attached hydrogens (tertiary/aromatic N) is 1. The highest BCUT2D eigenvalue weighted by Gasteiger charge is 2.34. The molecule has 0 atom stereocenters. The minimum atomic E-state index is -0.346. The lowest BCUT2D eigenvalue weighted by atomic mass is 10.2. The quantitative estimate of drug-likeness (QED) is 0.229. The molecule has 3 aromatic rings. The van der Waals surface area contributed by atoms with Gasteiger partial charge in [-0.3, -0.25) is 14.5 Å². The number of ether oxygens (including phenoxy) is 2. The van der Waals surface area contributed by atoms with Crippen molar-refractivity contribution in [1.29, 1.82) is 0 Å². The predicted molar refractivity (Wildman–Crippen MR) is 147 cm³/mol. The number of imide groups is 1. The molecule has 0 saturated carbocycles. The monoisotopic (exact) mass is 655 g/mol. The molecule has 1 saturated heterocycles. The summed E-state index contributed by atoms with van der Waals surface area (Å²) in [5.41, 5.74) is 1.52. The highest BCUT2D eigenvalue weighted by atomic mass is 79.9. The molecule has 35 heavy (non-hydrogen) atoms. The molecule has 0 spiro atoms. The van der Waals surface area contributed by atoms with Gasteiger partial charge in [-0.25, -0.2) is 0 Å². The maximum atomic E-state index is 12.8. The Bertz CT molecular complexity index is 1280. The average molecular weight is 658 g/mol. The van der Waals surface area contributed by atoms with Gasteiger partial charge in [0.05, 0.1) is 20.4 Å². The van der Waals surface area contributed by atoms with E-state index >= 15 is 0 Å². The van der Waals surface area contributed by atoms with Crippen LogP contribution in [0.3, 0.4) is 0 Å². The van der Waals surface area contributed by atoms with Crippen LogP contribution in [0, 0.1) is 0 Å². The summed E-state index contributed by atoms with van der Waals surface area (Å²) in [5, 5.41) is 0.751. The number of para-hydroxylation sites is 1. The van der Waals surface area contributed by atoms with Crippen molar-refractivity contribution in [3.8, 4) is 11.5 Å². The van der Waals surface area contributed by atoms with Gasteiger partial charge >= 0.3 is 0 Å². The molecule has 1 aliphatic heterocycles. The van der Waals surface area contributed by atoms with Gasteiger partial charge in [0.15, 0.2) is 0 Å². The standard InChI is InChI=1S/C25H17Br2Cl2NO4S/c26-19-10-15(11-20(27)23(19)34-14-16-6-7-17(28)13-21(16)29)12-22-24(31)30(25(32)35-22)8-9-33-18-4-2-1-3-5-18/h1-7,10-13H,8-9,14H2/b22-12-. The molecule has 0 bridgehead atoms. The molecule has 0 aliphatic carbocycles. The van der Waals surface area contributed by atoms with Crippen molar-refractivity contribution in [1.82, 2.24) is 4.90 Å². The summed E-state index contributed by atoms with van der Waals surface area (Å²) in [6.45, 7) is 0.636. The highest BCUT2D eigenvalue weighted by molar-refractivity contribution is 9.11. The molecule has 4 rings (SSSR count). The summed E-state index contributed by atoms with van der Waals surface area (Å²) in [5.74, 6) is 0.923. The van der Waals surface area contributed by atoms with Gasteiger partial charge in [-0.05, 0) is 91.7 Å². The third-order valence-corrected chi connectivity index (χ3v) is 7.58. The van der Waals surface area contributed by atoms with Crippen LogP contribution in [0.4, 0.5) is 4.79 Å². The Kier molecular flexibility index (Phi) is 8.83. The summed E-state index contributed by atoms with van der Waals surface area (Å²) in [6, 6.07) is 18.1.